The number of nitro benzene ring substituents is 1. The minimum atomic E-state index is -1.33. The monoisotopic (exact) mass is 418 g/mol. The van der Waals surface area contributed by atoms with Crippen LogP contribution in [0.2, 0.25) is 0 Å². The molecule has 3 aromatic carbocycles. The lowest BCUT2D eigenvalue weighted by Crippen LogP contribution is -2.21. The van der Waals surface area contributed by atoms with Crippen LogP contribution in [0.4, 0.5) is 11.4 Å². The Labute approximate surface area is 177 Å². The molecule has 0 radical (unpaired) electrons. The number of hydrogen-bond acceptors (Lipinski definition) is 6. The van der Waals surface area contributed by atoms with Gasteiger partial charge in [-0.25, -0.2) is 4.79 Å². The highest BCUT2D eigenvalue weighted by Crippen LogP contribution is 2.27. The number of nitro groups is 1. The summed E-state index contributed by atoms with van der Waals surface area (Å²) < 4.78 is 5.55. The highest BCUT2D eigenvalue weighted by atomic mass is 16.6. The molecule has 0 fully saturated rings. The summed E-state index contributed by atoms with van der Waals surface area (Å²) in [6.07, 6.45) is -1.33. The van der Waals surface area contributed by atoms with Crippen molar-refractivity contribution in [3.63, 3.8) is 0 Å². The molecular formula is C23H18N2O6. The first-order valence-corrected chi connectivity index (χ1v) is 9.28. The summed E-state index contributed by atoms with van der Waals surface area (Å²) in [6, 6.07) is 19.7. The molecule has 31 heavy (non-hydrogen) atoms. The number of nitrogens with zero attached hydrogens (tertiary/aromatic N) is 1. The summed E-state index contributed by atoms with van der Waals surface area (Å²) in [6.45, 7) is 1.31. The molecule has 156 valence electrons. The van der Waals surface area contributed by atoms with Gasteiger partial charge in [0.1, 0.15) is 0 Å². The molecule has 3 aromatic rings. The van der Waals surface area contributed by atoms with Gasteiger partial charge >= 0.3 is 5.97 Å². The van der Waals surface area contributed by atoms with Crippen molar-refractivity contribution in [3.8, 4) is 0 Å². The van der Waals surface area contributed by atoms with Gasteiger partial charge in [-0.05, 0) is 24.3 Å². The van der Waals surface area contributed by atoms with E-state index in [-0.39, 0.29) is 28.4 Å². The van der Waals surface area contributed by atoms with E-state index in [9.17, 15) is 24.5 Å². The maximum absolute atomic E-state index is 13.1. The van der Waals surface area contributed by atoms with Crippen molar-refractivity contribution in [3.05, 3.63) is 106 Å². The van der Waals surface area contributed by atoms with Gasteiger partial charge in [0.2, 0.25) is 11.7 Å². The lowest BCUT2D eigenvalue weighted by molar-refractivity contribution is -0.384. The maximum atomic E-state index is 13.1. The van der Waals surface area contributed by atoms with Crippen LogP contribution < -0.4 is 5.32 Å². The van der Waals surface area contributed by atoms with E-state index in [1.807, 2.05) is 0 Å². The molecule has 0 spiro atoms. The molecule has 0 aromatic heterocycles. The third-order valence-corrected chi connectivity index (χ3v) is 4.39. The molecule has 0 saturated carbocycles. The summed E-state index contributed by atoms with van der Waals surface area (Å²) in [5, 5.41) is 13.5. The Bertz CT molecular complexity index is 1130. The van der Waals surface area contributed by atoms with Gasteiger partial charge < -0.3 is 10.1 Å². The molecule has 1 amide bonds. The fourth-order valence-corrected chi connectivity index (χ4v) is 2.93. The number of carbonyl (C=O) groups excluding carboxylic acids is 3. The standard InChI is InChI=1S/C23H18N2O6/c1-15(26)24-20-10-6-5-9-19(20)23(28)31-22(21(27)16-7-3-2-4-8-16)17-11-13-18(14-12-17)25(29)30/h2-14,22H,1H3,(H,24,26)/t22-/m0/s1. The number of amides is 1. The van der Waals surface area contributed by atoms with Crippen LogP contribution in [0.15, 0.2) is 78.9 Å². The van der Waals surface area contributed by atoms with Crippen molar-refractivity contribution in [1.82, 2.24) is 0 Å². The van der Waals surface area contributed by atoms with E-state index in [4.69, 9.17) is 4.74 Å². The number of para-hydroxylation sites is 1. The molecule has 1 atom stereocenters. The van der Waals surface area contributed by atoms with Crippen molar-refractivity contribution in [2.24, 2.45) is 0 Å². The highest BCUT2D eigenvalue weighted by Gasteiger charge is 2.28. The second kappa shape index (κ2) is 9.45. The average molecular weight is 418 g/mol. The Balaban J connectivity index is 1.97. The summed E-state index contributed by atoms with van der Waals surface area (Å²) in [5.41, 5.74) is 0.760. The number of Topliss-reactive ketones (excluding diaryl/α,β-unsaturated/α-hetero) is 1. The Hall–Kier alpha value is -4.33. The van der Waals surface area contributed by atoms with Gasteiger partial charge in [0, 0.05) is 30.2 Å². The van der Waals surface area contributed by atoms with Crippen LogP contribution in [0.3, 0.4) is 0 Å². The molecule has 0 heterocycles. The van der Waals surface area contributed by atoms with E-state index < -0.39 is 22.8 Å². The topological polar surface area (TPSA) is 116 Å². The number of hydrogen-bond donors (Lipinski definition) is 1. The van der Waals surface area contributed by atoms with Gasteiger partial charge in [0.15, 0.2) is 6.10 Å². The number of carbonyl (C=O) groups is 3. The molecule has 0 aliphatic heterocycles. The van der Waals surface area contributed by atoms with E-state index in [0.29, 0.717) is 5.56 Å². The summed E-state index contributed by atoms with van der Waals surface area (Å²) in [7, 11) is 0. The molecule has 0 aliphatic carbocycles. The first-order chi connectivity index (χ1) is 14.9. The zero-order valence-electron chi connectivity index (χ0n) is 16.5. The maximum Gasteiger partial charge on any atom is 0.341 e. The fraction of sp³-hybridized carbons (Fsp3) is 0.0870. The van der Waals surface area contributed by atoms with Gasteiger partial charge in [0.25, 0.3) is 5.69 Å². The number of nitrogens with one attached hydrogen (secondary N) is 1. The molecule has 0 bridgehead atoms. The van der Waals surface area contributed by atoms with Crippen molar-refractivity contribution in [2.45, 2.75) is 13.0 Å². The number of rotatable bonds is 7. The number of ether oxygens (including phenoxy) is 1. The smallest absolute Gasteiger partial charge is 0.341 e. The van der Waals surface area contributed by atoms with E-state index in [1.54, 1.807) is 42.5 Å². The number of ketones is 1. The SMILES string of the molecule is CC(=O)Nc1ccccc1C(=O)O[C@H](C(=O)c1ccccc1)c1ccc([N+](=O)[O-])cc1. The third-order valence-electron chi connectivity index (χ3n) is 4.39. The zero-order chi connectivity index (χ0) is 22.4. The molecule has 8 heteroatoms. The summed E-state index contributed by atoms with van der Waals surface area (Å²) in [5.74, 6) is -1.68. The molecule has 0 saturated heterocycles. The van der Waals surface area contributed by atoms with Crippen molar-refractivity contribution < 1.29 is 24.0 Å². The first kappa shape index (κ1) is 21.4. The molecule has 8 nitrogen and oxygen atoms in total. The normalized spacial score (nSPS) is 11.3. The van der Waals surface area contributed by atoms with E-state index >= 15 is 0 Å². The van der Waals surface area contributed by atoms with Gasteiger partial charge in [-0.3, -0.25) is 19.7 Å². The van der Waals surface area contributed by atoms with Gasteiger partial charge in [-0.15, -0.1) is 0 Å². The quantitative estimate of drug-likeness (QED) is 0.264. The summed E-state index contributed by atoms with van der Waals surface area (Å²) >= 11 is 0. The zero-order valence-corrected chi connectivity index (χ0v) is 16.5. The minimum absolute atomic E-state index is 0.0745. The lowest BCUT2D eigenvalue weighted by atomic mass is 9.99. The van der Waals surface area contributed by atoms with Gasteiger partial charge in [-0.1, -0.05) is 42.5 Å². The molecule has 0 aliphatic rings. The van der Waals surface area contributed by atoms with Crippen LogP contribution >= 0.6 is 0 Å². The average Bonchev–Trinajstić information content (AvgIpc) is 2.77. The van der Waals surface area contributed by atoms with Crippen LogP contribution in [0, 0.1) is 10.1 Å². The first-order valence-electron chi connectivity index (χ1n) is 9.28. The van der Waals surface area contributed by atoms with Crippen LogP contribution in [0.1, 0.15) is 39.3 Å². The number of esters is 1. The van der Waals surface area contributed by atoms with Crippen molar-refractivity contribution >= 4 is 29.0 Å². The summed E-state index contributed by atoms with van der Waals surface area (Å²) in [4.78, 5) is 47.8. The van der Waals surface area contributed by atoms with Crippen LogP contribution in [-0.4, -0.2) is 22.6 Å². The Morgan fingerprint density at radius 3 is 2.13 bits per heavy atom. The number of benzene rings is 3. The van der Waals surface area contributed by atoms with Crippen LogP contribution in [0.5, 0.6) is 0 Å². The number of anilines is 1. The van der Waals surface area contributed by atoms with Crippen molar-refractivity contribution in [2.75, 3.05) is 5.32 Å². The van der Waals surface area contributed by atoms with E-state index in [1.165, 1.54) is 43.3 Å². The second-order valence-electron chi connectivity index (χ2n) is 6.59. The fourth-order valence-electron chi connectivity index (χ4n) is 2.93. The number of non-ortho nitro benzene ring substituents is 1. The van der Waals surface area contributed by atoms with Gasteiger partial charge in [0.05, 0.1) is 16.2 Å². The predicted octanol–water partition coefficient (Wildman–Crippen LogP) is 4.33. The predicted molar refractivity (Wildman–Crippen MR) is 113 cm³/mol. The molecule has 0 unspecified atom stereocenters. The molecular weight excluding hydrogens is 400 g/mol. The Kier molecular flexibility index (Phi) is 6.51. The Morgan fingerprint density at radius 2 is 1.52 bits per heavy atom. The highest BCUT2D eigenvalue weighted by molar-refractivity contribution is 6.04. The molecule has 1 N–H and O–H groups in total. The van der Waals surface area contributed by atoms with Crippen LogP contribution in [0.25, 0.3) is 0 Å². The largest absolute Gasteiger partial charge is 0.445 e. The third kappa shape index (κ3) is 5.18. The second-order valence-corrected chi connectivity index (χ2v) is 6.59. The van der Waals surface area contributed by atoms with Crippen molar-refractivity contribution in [1.29, 1.82) is 0 Å². The minimum Gasteiger partial charge on any atom is -0.445 e. The van der Waals surface area contributed by atoms with E-state index in [2.05, 4.69) is 5.32 Å². The Morgan fingerprint density at radius 1 is 0.903 bits per heavy atom. The molecule has 3 rings (SSSR count). The lowest BCUT2D eigenvalue weighted by Gasteiger charge is -2.18. The van der Waals surface area contributed by atoms with E-state index in [0.717, 1.165) is 0 Å². The van der Waals surface area contributed by atoms with Gasteiger partial charge in [-0.2, -0.15) is 0 Å². The van der Waals surface area contributed by atoms with Crippen LogP contribution in [-0.2, 0) is 9.53 Å².